The lowest BCUT2D eigenvalue weighted by atomic mass is 9.85. The van der Waals surface area contributed by atoms with Crippen molar-refractivity contribution < 1.29 is 63.1 Å². The van der Waals surface area contributed by atoms with Gasteiger partial charge < -0.3 is 39.9 Å². The van der Waals surface area contributed by atoms with Crippen LogP contribution in [0, 0.1) is 0 Å². The Balaban J connectivity index is 2.44. The molecule has 0 heterocycles. The summed E-state index contributed by atoms with van der Waals surface area (Å²) in [6.45, 7) is 3.25. The topological polar surface area (TPSA) is 210 Å². The van der Waals surface area contributed by atoms with Crippen molar-refractivity contribution in [2.24, 2.45) is 0 Å². The Kier molecular flexibility index (Phi) is 38.2. The molecule has 14 heteroatoms. The second-order valence-corrected chi connectivity index (χ2v) is 19.1. The summed E-state index contributed by atoms with van der Waals surface area (Å²) in [5.41, 5.74) is 0. The molecule has 13 nitrogen and oxygen atoms in total. The Hall–Kier alpha value is -2.19. The van der Waals surface area contributed by atoms with Crippen LogP contribution in [-0.2, 0) is 32.7 Å². The van der Waals surface area contributed by atoms with Crippen LogP contribution in [-0.4, -0.2) is 98.3 Å². The predicted molar refractivity (Wildman–Crippen MR) is 258 cm³/mol. The van der Waals surface area contributed by atoms with E-state index in [1.165, 1.54) is 109 Å². The molecule has 8 atom stereocenters. The second-order valence-electron chi connectivity index (χ2n) is 17.7. The number of hydrogen-bond acceptors (Lipinski definition) is 12. The van der Waals surface area contributed by atoms with E-state index in [1.807, 2.05) is 12.2 Å². The number of ether oxygens (including phenoxy) is 2. The van der Waals surface area contributed by atoms with Gasteiger partial charge in [0, 0.05) is 12.8 Å². The lowest BCUT2D eigenvalue weighted by molar-refractivity contribution is -0.220. The number of hydrogen-bond donors (Lipinski definition) is 6. The molecule has 0 amide bonds. The SMILES string of the molecule is CCCCC/C=C\C/C=C\C/C=C\C/C=C\CCCC(=O)OC[C@H](COP(=O)(O)OC1C(O)C(O)C(O)[C@@H](O)C1O)OC(=O)CCCCCCCCCCCCCCCCCCCCC. The molecule has 0 spiro atoms. The predicted octanol–water partition coefficient (Wildman–Crippen LogP) is 10.7. The zero-order valence-electron chi connectivity index (χ0n) is 40.3. The maximum Gasteiger partial charge on any atom is 0.472 e. The van der Waals surface area contributed by atoms with Crippen molar-refractivity contribution in [1.29, 1.82) is 0 Å². The van der Waals surface area contributed by atoms with E-state index in [-0.39, 0.29) is 12.8 Å². The van der Waals surface area contributed by atoms with Crippen LogP contribution in [0.25, 0.3) is 0 Å². The molecular formula is C51H91O13P. The van der Waals surface area contributed by atoms with Gasteiger partial charge in [0.15, 0.2) is 6.10 Å². The van der Waals surface area contributed by atoms with Crippen molar-refractivity contribution in [3.63, 3.8) is 0 Å². The molecule has 0 aromatic carbocycles. The maximum absolute atomic E-state index is 12.8. The van der Waals surface area contributed by atoms with E-state index >= 15 is 0 Å². The third-order valence-electron chi connectivity index (χ3n) is 11.7. The standard InChI is InChI=1S/C51H91O13P/c1-3-5-7-9-11-13-15-17-19-21-22-24-26-28-30-32-34-36-38-40-45(53)63-43(42-62-65(59,60)64-51-49(57)47(55)46(54)48(56)50(51)58)41-61-44(52)39-37-35-33-31-29-27-25-23-20-18-16-14-12-10-8-6-4-2/h12,14,18,20,25,27,31,33,43,46-51,54-58H,3-11,13,15-17,19,21-24,26,28-30,32,34-42H2,1-2H3,(H,59,60)/b14-12-,20-18-,27-25-,33-31-/t43-,46?,47-,48?,49?,50?,51?/m1/s1. The summed E-state index contributed by atoms with van der Waals surface area (Å²) in [5, 5.41) is 50.2. The molecule has 1 rings (SSSR count). The van der Waals surface area contributed by atoms with Crippen LogP contribution >= 0.6 is 7.82 Å². The Labute approximate surface area is 392 Å². The average molecular weight is 943 g/mol. The van der Waals surface area contributed by atoms with Crippen molar-refractivity contribution >= 4 is 19.8 Å². The van der Waals surface area contributed by atoms with Crippen LogP contribution in [0.1, 0.15) is 206 Å². The number of rotatable bonds is 42. The fourth-order valence-electron chi connectivity index (χ4n) is 7.58. The summed E-state index contributed by atoms with van der Waals surface area (Å²) < 4.78 is 33.6. The van der Waals surface area contributed by atoms with Gasteiger partial charge in [-0.25, -0.2) is 4.57 Å². The van der Waals surface area contributed by atoms with Crippen LogP contribution in [0.2, 0.25) is 0 Å². The molecule has 0 aliphatic heterocycles. The van der Waals surface area contributed by atoms with Crippen LogP contribution in [0.4, 0.5) is 0 Å². The molecule has 1 fully saturated rings. The minimum atomic E-state index is -5.13. The molecule has 0 saturated heterocycles. The van der Waals surface area contributed by atoms with Gasteiger partial charge in [0.25, 0.3) is 0 Å². The third kappa shape index (κ3) is 33.0. The molecule has 1 aliphatic rings. The normalized spacial score (nSPS) is 21.8. The second kappa shape index (κ2) is 40.8. The first kappa shape index (κ1) is 60.8. The lowest BCUT2D eigenvalue weighted by Crippen LogP contribution is -2.64. The average Bonchev–Trinajstić information content (AvgIpc) is 3.29. The number of unbranched alkanes of at least 4 members (excludes halogenated alkanes) is 22. The first-order valence-electron chi connectivity index (χ1n) is 25.4. The summed E-state index contributed by atoms with van der Waals surface area (Å²) in [6, 6.07) is 0. The number of carbonyl (C=O) groups is 2. The highest BCUT2D eigenvalue weighted by molar-refractivity contribution is 7.47. The van der Waals surface area contributed by atoms with Gasteiger partial charge >= 0.3 is 19.8 Å². The van der Waals surface area contributed by atoms with E-state index in [4.69, 9.17) is 18.5 Å². The maximum atomic E-state index is 12.8. The van der Waals surface area contributed by atoms with Crippen molar-refractivity contribution in [3.05, 3.63) is 48.6 Å². The number of aliphatic hydroxyl groups excluding tert-OH is 5. The summed E-state index contributed by atoms with van der Waals surface area (Å²) in [6.07, 6.45) is 35.9. The van der Waals surface area contributed by atoms with Gasteiger partial charge in [-0.1, -0.05) is 191 Å². The summed E-state index contributed by atoms with van der Waals surface area (Å²) >= 11 is 0. The first-order chi connectivity index (χ1) is 31.4. The molecule has 6 unspecified atom stereocenters. The Bertz CT molecular complexity index is 1320. The van der Waals surface area contributed by atoms with E-state index in [0.717, 1.165) is 51.4 Å². The number of allylic oxidation sites excluding steroid dienone is 8. The first-order valence-corrected chi connectivity index (χ1v) is 26.9. The lowest BCUT2D eigenvalue weighted by Gasteiger charge is -2.41. The molecule has 1 saturated carbocycles. The van der Waals surface area contributed by atoms with Crippen molar-refractivity contribution in [3.8, 4) is 0 Å². The largest absolute Gasteiger partial charge is 0.472 e. The zero-order chi connectivity index (χ0) is 47.8. The Morgan fingerprint density at radius 3 is 1.31 bits per heavy atom. The quantitative estimate of drug-likeness (QED) is 0.0146. The third-order valence-corrected chi connectivity index (χ3v) is 12.7. The van der Waals surface area contributed by atoms with E-state index in [9.17, 15) is 44.6 Å². The molecule has 0 radical (unpaired) electrons. The highest BCUT2D eigenvalue weighted by Gasteiger charge is 2.51. The van der Waals surface area contributed by atoms with Gasteiger partial charge in [-0.05, 0) is 51.4 Å². The highest BCUT2D eigenvalue weighted by atomic mass is 31.2. The molecule has 1 aliphatic carbocycles. The minimum Gasteiger partial charge on any atom is -0.462 e. The zero-order valence-corrected chi connectivity index (χ0v) is 41.2. The number of aliphatic hydroxyl groups is 5. The molecule has 0 bridgehead atoms. The van der Waals surface area contributed by atoms with Crippen molar-refractivity contribution in [2.75, 3.05) is 13.2 Å². The highest BCUT2D eigenvalue weighted by Crippen LogP contribution is 2.47. The molecule has 0 aromatic heterocycles. The fraction of sp³-hybridized carbons (Fsp3) is 0.804. The van der Waals surface area contributed by atoms with E-state index in [0.29, 0.717) is 19.3 Å². The molecule has 6 N–H and O–H groups in total. The van der Waals surface area contributed by atoms with Crippen LogP contribution in [0.5, 0.6) is 0 Å². The number of phosphoric acid groups is 1. The molecule has 378 valence electrons. The number of carbonyl (C=O) groups excluding carboxylic acids is 2. The summed E-state index contributed by atoms with van der Waals surface area (Å²) in [4.78, 5) is 35.8. The van der Waals surface area contributed by atoms with Crippen LogP contribution < -0.4 is 0 Å². The fourth-order valence-corrected chi connectivity index (χ4v) is 8.55. The Morgan fingerprint density at radius 2 is 0.846 bits per heavy atom. The van der Waals surface area contributed by atoms with Gasteiger partial charge in [0.05, 0.1) is 6.61 Å². The van der Waals surface area contributed by atoms with Gasteiger partial charge in [0.2, 0.25) is 0 Å². The number of phosphoric ester groups is 1. The number of esters is 2. The van der Waals surface area contributed by atoms with Gasteiger partial charge in [-0.3, -0.25) is 18.6 Å². The smallest absolute Gasteiger partial charge is 0.462 e. The van der Waals surface area contributed by atoms with E-state index < -0.39 is 75.7 Å². The summed E-state index contributed by atoms with van der Waals surface area (Å²) in [7, 11) is -5.13. The molecule has 0 aromatic rings. The van der Waals surface area contributed by atoms with Gasteiger partial charge in [-0.2, -0.15) is 0 Å². The van der Waals surface area contributed by atoms with Crippen molar-refractivity contribution in [2.45, 2.75) is 249 Å². The van der Waals surface area contributed by atoms with Crippen molar-refractivity contribution in [1.82, 2.24) is 0 Å². The monoisotopic (exact) mass is 943 g/mol. The van der Waals surface area contributed by atoms with Gasteiger partial charge in [0.1, 0.15) is 43.2 Å². The molecule has 65 heavy (non-hydrogen) atoms. The summed E-state index contributed by atoms with van der Waals surface area (Å²) in [5.74, 6) is -1.16. The van der Waals surface area contributed by atoms with E-state index in [1.54, 1.807) is 0 Å². The van der Waals surface area contributed by atoms with E-state index in [2.05, 4.69) is 50.3 Å². The Morgan fingerprint density at radius 1 is 0.477 bits per heavy atom. The van der Waals surface area contributed by atoms with Gasteiger partial charge in [-0.15, -0.1) is 0 Å². The minimum absolute atomic E-state index is 0.0875. The van der Waals surface area contributed by atoms with Crippen LogP contribution in [0.3, 0.4) is 0 Å². The molecular weight excluding hydrogens is 852 g/mol. The van der Waals surface area contributed by atoms with Crippen LogP contribution in [0.15, 0.2) is 48.6 Å².